The summed E-state index contributed by atoms with van der Waals surface area (Å²) in [6, 6.07) is -0.165. The molecular weight excluding hydrogens is 260 g/mol. The van der Waals surface area contributed by atoms with Crippen molar-refractivity contribution in [2.75, 3.05) is 19.6 Å². The van der Waals surface area contributed by atoms with Gasteiger partial charge in [0.05, 0.1) is 12.2 Å². The number of amides is 2. The third-order valence-electron chi connectivity index (χ3n) is 3.49. The lowest BCUT2D eigenvalue weighted by Crippen LogP contribution is -2.47. The predicted octanol–water partition coefficient (Wildman–Crippen LogP) is 0.779. The van der Waals surface area contributed by atoms with Crippen LogP contribution in [-0.2, 0) is 11.3 Å². The summed E-state index contributed by atoms with van der Waals surface area (Å²) in [5, 5.41) is 11.8. The minimum atomic E-state index is -0.817. The van der Waals surface area contributed by atoms with Gasteiger partial charge in [0.15, 0.2) is 0 Å². The van der Waals surface area contributed by atoms with E-state index in [1.807, 2.05) is 10.8 Å². The number of carboxylic acid groups (broad SMARTS) is 1. The van der Waals surface area contributed by atoms with Crippen molar-refractivity contribution in [3.63, 3.8) is 0 Å². The Labute approximate surface area is 117 Å². The molecule has 20 heavy (non-hydrogen) atoms. The zero-order chi connectivity index (χ0) is 14.4. The first-order chi connectivity index (χ1) is 9.66. The van der Waals surface area contributed by atoms with Gasteiger partial charge in [-0.25, -0.2) is 9.78 Å². The van der Waals surface area contributed by atoms with Crippen molar-refractivity contribution in [3.05, 3.63) is 18.7 Å². The summed E-state index contributed by atoms with van der Waals surface area (Å²) < 4.78 is 1.95. The lowest BCUT2D eigenvalue weighted by atomic mass is 9.99. The topological polar surface area (TPSA) is 87.5 Å². The van der Waals surface area contributed by atoms with Crippen molar-refractivity contribution < 1.29 is 14.7 Å². The number of urea groups is 1. The van der Waals surface area contributed by atoms with Gasteiger partial charge in [0.1, 0.15) is 0 Å². The molecular formula is C13H20N4O3. The largest absolute Gasteiger partial charge is 0.481 e. The van der Waals surface area contributed by atoms with E-state index in [0.717, 1.165) is 19.4 Å². The van der Waals surface area contributed by atoms with Crippen LogP contribution in [0.2, 0.25) is 0 Å². The van der Waals surface area contributed by atoms with Crippen molar-refractivity contribution in [1.29, 1.82) is 0 Å². The highest BCUT2D eigenvalue weighted by molar-refractivity contribution is 5.76. The molecule has 0 radical (unpaired) electrons. The molecule has 0 saturated carbocycles. The predicted molar refractivity (Wildman–Crippen MR) is 72.2 cm³/mol. The number of rotatable bonds is 5. The molecule has 2 rings (SSSR count). The van der Waals surface area contributed by atoms with E-state index in [1.165, 1.54) is 0 Å². The molecule has 0 spiro atoms. The number of hydrogen-bond donors (Lipinski definition) is 2. The fraction of sp³-hybridized carbons (Fsp3) is 0.615. The number of nitrogens with zero attached hydrogens (tertiary/aromatic N) is 3. The molecule has 110 valence electrons. The Morgan fingerprint density at radius 3 is 3.00 bits per heavy atom. The first-order valence-corrected chi connectivity index (χ1v) is 6.88. The van der Waals surface area contributed by atoms with Crippen molar-refractivity contribution in [2.24, 2.45) is 5.92 Å². The SMILES string of the molecule is O=C(O)[C@H]1CCCN(C(=O)NCCCn2ccnc2)C1. The molecule has 0 aromatic carbocycles. The van der Waals surface area contributed by atoms with Crippen LogP contribution in [-0.4, -0.2) is 51.2 Å². The average molecular weight is 280 g/mol. The molecule has 2 amide bonds. The maximum atomic E-state index is 11.9. The third kappa shape index (κ3) is 3.97. The molecule has 1 aliphatic heterocycles. The number of aliphatic carboxylic acids is 1. The average Bonchev–Trinajstić information content (AvgIpc) is 2.96. The minimum Gasteiger partial charge on any atom is -0.481 e. The normalized spacial score (nSPS) is 18.8. The van der Waals surface area contributed by atoms with E-state index in [0.29, 0.717) is 26.1 Å². The molecule has 1 atom stereocenters. The van der Waals surface area contributed by atoms with Crippen LogP contribution in [0.3, 0.4) is 0 Å². The summed E-state index contributed by atoms with van der Waals surface area (Å²) in [6.45, 7) is 2.32. The number of aryl methyl sites for hydroxylation is 1. The number of carbonyl (C=O) groups is 2. The summed E-state index contributed by atoms with van der Waals surface area (Å²) in [5.74, 6) is -1.25. The molecule has 1 fully saturated rings. The highest BCUT2D eigenvalue weighted by Gasteiger charge is 2.27. The van der Waals surface area contributed by atoms with Crippen LogP contribution in [0.15, 0.2) is 18.7 Å². The number of likely N-dealkylation sites (tertiary alicyclic amines) is 1. The Morgan fingerprint density at radius 2 is 2.30 bits per heavy atom. The smallest absolute Gasteiger partial charge is 0.317 e. The van der Waals surface area contributed by atoms with Crippen molar-refractivity contribution >= 4 is 12.0 Å². The monoisotopic (exact) mass is 280 g/mol. The second-order valence-corrected chi connectivity index (χ2v) is 5.01. The second kappa shape index (κ2) is 6.93. The highest BCUT2D eigenvalue weighted by atomic mass is 16.4. The van der Waals surface area contributed by atoms with Crippen LogP contribution in [0.1, 0.15) is 19.3 Å². The first-order valence-electron chi connectivity index (χ1n) is 6.88. The van der Waals surface area contributed by atoms with E-state index in [2.05, 4.69) is 10.3 Å². The molecule has 0 bridgehead atoms. The van der Waals surface area contributed by atoms with Gasteiger partial charge in [0, 0.05) is 38.6 Å². The van der Waals surface area contributed by atoms with Crippen molar-refractivity contribution in [1.82, 2.24) is 19.8 Å². The fourth-order valence-corrected chi connectivity index (χ4v) is 2.35. The highest BCUT2D eigenvalue weighted by Crippen LogP contribution is 2.16. The molecule has 1 saturated heterocycles. The number of carboxylic acids is 1. The number of carbonyl (C=O) groups excluding carboxylic acids is 1. The van der Waals surface area contributed by atoms with Crippen LogP contribution in [0, 0.1) is 5.92 Å². The second-order valence-electron chi connectivity index (χ2n) is 5.01. The zero-order valence-electron chi connectivity index (χ0n) is 11.4. The van der Waals surface area contributed by atoms with Crippen molar-refractivity contribution in [2.45, 2.75) is 25.8 Å². The Kier molecular flexibility index (Phi) is 4.97. The molecule has 0 aliphatic carbocycles. The Hall–Kier alpha value is -2.05. The standard InChI is InChI=1S/C13H20N4O3/c18-12(19)11-3-1-7-17(9-11)13(20)15-4-2-6-16-8-5-14-10-16/h5,8,10-11H,1-4,6-7,9H2,(H,15,20)(H,18,19)/t11-/m0/s1. The van der Waals surface area contributed by atoms with E-state index < -0.39 is 11.9 Å². The van der Waals surface area contributed by atoms with E-state index in [1.54, 1.807) is 17.4 Å². The molecule has 7 heteroatoms. The lowest BCUT2D eigenvalue weighted by Gasteiger charge is -2.30. The number of imidazole rings is 1. The lowest BCUT2D eigenvalue weighted by molar-refractivity contribution is -0.143. The van der Waals surface area contributed by atoms with E-state index in [9.17, 15) is 9.59 Å². The zero-order valence-corrected chi connectivity index (χ0v) is 11.4. The molecule has 1 aromatic heterocycles. The fourth-order valence-electron chi connectivity index (χ4n) is 2.35. The van der Waals surface area contributed by atoms with Gasteiger partial charge < -0.3 is 19.9 Å². The van der Waals surface area contributed by atoms with Crippen LogP contribution in [0.5, 0.6) is 0 Å². The Bertz CT molecular complexity index is 446. The third-order valence-corrected chi connectivity index (χ3v) is 3.49. The Morgan fingerprint density at radius 1 is 1.45 bits per heavy atom. The molecule has 1 aromatic rings. The van der Waals surface area contributed by atoms with E-state index in [4.69, 9.17) is 5.11 Å². The molecule has 1 aliphatic rings. The maximum absolute atomic E-state index is 11.9. The summed E-state index contributed by atoms with van der Waals surface area (Å²) in [6.07, 6.45) is 7.56. The van der Waals surface area contributed by atoms with Gasteiger partial charge in [-0.15, -0.1) is 0 Å². The molecule has 2 heterocycles. The van der Waals surface area contributed by atoms with Crippen LogP contribution >= 0.6 is 0 Å². The summed E-state index contributed by atoms with van der Waals surface area (Å²) >= 11 is 0. The van der Waals surface area contributed by atoms with Gasteiger partial charge in [-0.3, -0.25) is 4.79 Å². The molecule has 0 unspecified atom stereocenters. The van der Waals surface area contributed by atoms with Crippen molar-refractivity contribution in [3.8, 4) is 0 Å². The number of piperidine rings is 1. The minimum absolute atomic E-state index is 0.165. The van der Waals surface area contributed by atoms with E-state index in [-0.39, 0.29) is 6.03 Å². The van der Waals surface area contributed by atoms with E-state index >= 15 is 0 Å². The molecule has 2 N–H and O–H groups in total. The van der Waals surface area contributed by atoms with Crippen LogP contribution in [0.4, 0.5) is 4.79 Å². The summed E-state index contributed by atoms with van der Waals surface area (Å²) in [7, 11) is 0. The van der Waals surface area contributed by atoms with Gasteiger partial charge in [-0.2, -0.15) is 0 Å². The van der Waals surface area contributed by atoms with Gasteiger partial charge in [0.2, 0.25) is 0 Å². The van der Waals surface area contributed by atoms with Crippen LogP contribution in [0.25, 0.3) is 0 Å². The summed E-state index contributed by atoms with van der Waals surface area (Å²) in [4.78, 5) is 28.4. The van der Waals surface area contributed by atoms with Gasteiger partial charge in [-0.05, 0) is 19.3 Å². The number of hydrogen-bond acceptors (Lipinski definition) is 3. The summed E-state index contributed by atoms with van der Waals surface area (Å²) in [5.41, 5.74) is 0. The van der Waals surface area contributed by atoms with Gasteiger partial charge >= 0.3 is 12.0 Å². The first kappa shape index (κ1) is 14.4. The number of nitrogens with one attached hydrogen (secondary N) is 1. The number of aromatic nitrogens is 2. The maximum Gasteiger partial charge on any atom is 0.317 e. The Balaban J connectivity index is 1.67. The van der Waals surface area contributed by atoms with Gasteiger partial charge in [-0.1, -0.05) is 0 Å². The quantitative estimate of drug-likeness (QED) is 0.780. The molecule has 7 nitrogen and oxygen atoms in total. The van der Waals surface area contributed by atoms with Gasteiger partial charge in [0.25, 0.3) is 0 Å². The van der Waals surface area contributed by atoms with Crippen LogP contribution < -0.4 is 5.32 Å².